The summed E-state index contributed by atoms with van der Waals surface area (Å²) in [4.78, 5) is 33.8. The van der Waals surface area contributed by atoms with E-state index in [9.17, 15) is 22.8 Å². The number of hydrogen-bond acceptors (Lipinski definition) is 8. The third-order valence-corrected chi connectivity index (χ3v) is 6.20. The molecule has 1 fully saturated rings. The summed E-state index contributed by atoms with van der Waals surface area (Å²) in [5.74, 6) is 0.0873. The molecule has 0 unspecified atom stereocenters. The maximum Gasteiger partial charge on any atom is 0.416 e. The van der Waals surface area contributed by atoms with Crippen LogP contribution >= 0.6 is 0 Å². The van der Waals surface area contributed by atoms with Crippen molar-refractivity contribution in [2.24, 2.45) is 0 Å². The molecule has 0 radical (unpaired) electrons. The number of nitrogens with zero attached hydrogens (tertiary/aromatic N) is 4. The topological polar surface area (TPSA) is 123 Å². The summed E-state index contributed by atoms with van der Waals surface area (Å²) in [5.41, 5.74) is 0.681. The van der Waals surface area contributed by atoms with Gasteiger partial charge in [0.25, 0.3) is 5.91 Å². The first-order chi connectivity index (χ1) is 19.6. The maximum atomic E-state index is 13.1. The smallest absolute Gasteiger partial charge is 0.416 e. The highest BCUT2D eigenvalue weighted by Gasteiger charge is 2.31. The summed E-state index contributed by atoms with van der Waals surface area (Å²) in [6, 6.07) is 12.8. The van der Waals surface area contributed by atoms with Crippen LogP contribution in [0, 0.1) is 6.92 Å². The van der Waals surface area contributed by atoms with E-state index in [1.807, 2.05) is 6.92 Å². The molecule has 4 aromatic rings. The highest BCUT2D eigenvalue weighted by atomic mass is 19.4. The van der Waals surface area contributed by atoms with Crippen molar-refractivity contribution in [2.75, 3.05) is 22.6 Å². The molecule has 3 N–H and O–H groups in total. The Kier molecular flexibility index (Phi) is 7.60. The standard InChI is InChI=1S/C28H26F3N7O3/c1-3-41-27(40)22-13-25(38(37-22)24-14-23(32-15-33-24)34-19-9-10-19)36-21-12-20(8-7-16(21)2)35-26(39)17-5-4-6-18(11-17)28(29,30)31/h4-8,11-15,19,36H,3,9-10H2,1-2H3,(H,35,39)(H,32,33,34). The molecule has 2 aromatic heterocycles. The number of esters is 1. The molecule has 2 heterocycles. The number of aromatic nitrogens is 4. The first-order valence-corrected chi connectivity index (χ1v) is 12.8. The molecule has 212 valence electrons. The van der Waals surface area contributed by atoms with E-state index in [1.54, 1.807) is 31.2 Å². The number of ether oxygens (including phenoxy) is 1. The third-order valence-electron chi connectivity index (χ3n) is 6.20. The maximum absolute atomic E-state index is 13.1. The van der Waals surface area contributed by atoms with Crippen LogP contribution in [0.15, 0.2) is 60.9 Å². The van der Waals surface area contributed by atoms with E-state index in [2.05, 4.69) is 31.0 Å². The SMILES string of the molecule is CCOC(=O)c1cc(Nc2cc(NC(=O)c3cccc(C(F)(F)F)c3)ccc2C)n(-c2cc(NC3CC3)ncn2)n1. The fourth-order valence-electron chi connectivity index (χ4n) is 3.94. The fraction of sp³-hybridized carbons (Fsp3) is 0.250. The predicted octanol–water partition coefficient (Wildman–Crippen LogP) is 5.74. The minimum absolute atomic E-state index is 0.0521. The van der Waals surface area contributed by atoms with Gasteiger partial charge in [-0.15, -0.1) is 0 Å². The highest BCUT2D eigenvalue weighted by molar-refractivity contribution is 6.04. The number of alkyl halides is 3. The van der Waals surface area contributed by atoms with Gasteiger partial charge in [-0.25, -0.2) is 14.8 Å². The fourth-order valence-corrected chi connectivity index (χ4v) is 3.94. The summed E-state index contributed by atoms with van der Waals surface area (Å²) in [6.45, 7) is 3.69. The van der Waals surface area contributed by atoms with Crippen molar-refractivity contribution in [3.8, 4) is 5.82 Å². The van der Waals surface area contributed by atoms with Gasteiger partial charge in [-0.1, -0.05) is 12.1 Å². The van der Waals surface area contributed by atoms with E-state index in [0.717, 1.165) is 30.5 Å². The largest absolute Gasteiger partial charge is 0.461 e. The molecular formula is C28H26F3N7O3. The lowest BCUT2D eigenvalue weighted by molar-refractivity contribution is -0.137. The molecule has 5 rings (SSSR count). The number of benzene rings is 2. The Morgan fingerprint density at radius 2 is 1.88 bits per heavy atom. The number of rotatable bonds is 9. The summed E-state index contributed by atoms with van der Waals surface area (Å²) in [6.07, 6.45) is -1.06. The molecule has 0 atom stereocenters. The molecule has 0 spiro atoms. The van der Waals surface area contributed by atoms with Crippen molar-refractivity contribution in [3.63, 3.8) is 0 Å². The van der Waals surface area contributed by atoms with Gasteiger partial charge >= 0.3 is 12.1 Å². The van der Waals surface area contributed by atoms with Gasteiger partial charge in [0.1, 0.15) is 18.0 Å². The molecule has 0 bridgehead atoms. The number of carbonyl (C=O) groups excluding carboxylic acids is 2. The minimum Gasteiger partial charge on any atom is -0.461 e. The van der Waals surface area contributed by atoms with E-state index in [0.29, 0.717) is 34.9 Å². The van der Waals surface area contributed by atoms with E-state index < -0.39 is 23.6 Å². The van der Waals surface area contributed by atoms with Crippen LogP contribution in [0.25, 0.3) is 5.82 Å². The van der Waals surface area contributed by atoms with Gasteiger partial charge < -0.3 is 20.7 Å². The van der Waals surface area contributed by atoms with Crippen LogP contribution in [0.5, 0.6) is 0 Å². The first-order valence-electron chi connectivity index (χ1n) is 12.8. The zero-order chi connectivity index (χ0) is 29.1. The van der Waals surface area contributed by atoms with Gasteiger partial charge in [-0.2, -0.15) is 23.0 Å². The third kappa shape index (κ3) is 6.62. The van der Waals surface area contributed by atoms with Crippen LogP contribution in [0.4, 0.5) is 36.2 Å². The number of hydrogen-bond donors (Lipinski definition) is 3. The van der Waals surface area contributed by atoms with E-state index in [1.165, 1.54) is 29.2 Å². The average Bonchev–Trinajstić information content (AvgIpc) is 3.66. The lowest BCUT2D eigenvalue weighted by Gasteiger charge is -2.14. The number of anilines is 4. The Morgan fingerprint density at radius 1 is 1.07 bits per heavy atom. The van der Waals surface area contributed by atoms with Gasteiger partial charge in [0, 0.05) is 35.1 Å². The quantitative estimate of drug-likeness (QED) is 0.220. The summed E-state index contributed by atoms with van der Waals surface area (Å²) < 4.78 is 45.9. The van der Waals surface area contributed by atoms with Crippen molar-refractivity contribution in [1.29, 1.82) is 0 Å². The molecule has 10 nitrogen and oxygen atoms in total. The number of nitrogens with one attached hydrogen (secondary N) is 3. The molecule has 41 heavy (non-hydrogen) atoms. The average molecular weight is 566 g/mol. The van der Waals surface area contributed by atoms with Gasteiger partial charge in [0.15, 0.2) is 11.5 Å². The Balaban J connectivity index is 1.43. The van der Waals surface area contributed by atoms with E-state index in [-0.39, 0.29) is 17.9 Å². The van der Waals surface area contributed by atoms with Crippen LogP contribution in [0.2, 0.25) is 0 Å². The first kappa shape index (κ1) is 27.6. The molecule has 13 heteroatoms. The van der Waals surface area contributed by atoms with Gasteiger partial charge in [-0.05, 0) is 62.6 Å². The van der Waals surface area contributed by atoms with Crippen molar-refractivity contribution < 1.29 is 27.5 Å². The normalized spacial score (nSPS) is 13.0. The second-order valence-electron chi connectivity index (χ2n) is 9.41. The minimum atomic E-state index is -4.57. The number of carbonyl (C=O) groups is 2. The van der Waals surface area contributed by atoms with E-state index in [4.69, 9.17) is 4.74 Å². The second kappa shape index (κ2) is 11.3. The predicted molar refractivity (Wildman–Crippen MR) is 146 cm³/mol. The molecule has 1 amide bonds. The van der Waals surface area contributed by atoms with Crippen molar-refractivity contribution in [3.05, 3.63) is 83.3 Å². The van der Waals surface area contributed by atoms with Crippen LogP contribution in [-0.4, -0.2) is 44.3 Å². The highest BCUT2D eigenvalue weighted by Crippen LogP contribution is 2.31. The van der Waals surface area contributed by atoms with Crippen LogP contribution < -0.4 is 16.0 Å². The zero-order valence-electron chi connectivity index (χ0n) is 22.1. The lowest BCUT2D eigenvalue weighted by atomic mass is 10.1. The number of halogens is 3. The van der Waals surface area contributed by atoms with Crippen molar-refractivity contribution in [2.45, 2.75) is 38.9 Å². The Labute approximate surface area is 233 Å². The zero-order valence-corrected chi connectivity index (χ0v) is 22.1. The van der Waals surface area contributed by atoms with Crippen molar-refractivity contribution >= 4 is 34.9 Å². The molecule has 0 aliphatic heterocycles. The summed E-state index contributed by atoms with van der Waals surface area (Å²) in [5, 5.41) is 13.6. The van der Waals surface area contributed by atoms with Gasteiger partial charge in [-0.3, -0.25) is 4.79 Å². The van der Waals surface area contributed by atoms with Crippen LogP contribution in [-0.2, 0) is 10.9 Å². The van der Waals surface area contributed by atoms with E-state index >= 15 is 0 Å². The monoisotopic (exact) mass is 565 g/mol. The van der Waals surface area contributed by atoms with Crippen LogP contribution in [0.3, 0.4) is 0 Å². The summed E-state index contributed by atoms with van der Waals surface area (Å²) in [7, 11) is 0. The molecule has 1 aliphatic rings. The number of amides is 1. The second-order valence-corrected chi connectivity index (χ2v) is 9.41. The van der Waals surface area contributed by atoms with Crippen molar-refractivity contribution in [1.82, 2.24) is 19.7 Å². The summed E-state index contributed by atoms with van der Waals surface area (Å²) >= 11 is 0. The Morgan fingerprint density at radius 3 is 2.61 bits per heavy atom. The Bertz CT molecular complexity index is 1600. The number of aryl methyl sites for hydroxylation is 1. The molecule has 1 aliphatic carbocycles. The van der Waals surface area contributed by atoms with Crippen LogP contribution in [0.1, 0.15) is 51.7 Å². The Hall–Kier alpha value is -4.94. The lowest BCUT2D eigenvalue weighted by Crippen LogP contribution is -2.14. The molecule has 0 saturated heterocycles. The molecule has 2 aromatic carbocycles. The van der Waals surface area contributed by atoms with Gasteiger partial charge in [0.2, 0.25) is 0 Å². The van der Waals surface area contributed by atoms with Gasteiger partial charge in [0.05, 0.1) is 12.2 Å². The molecular weight excluding hydrogens is 539 g/mol. The molecule has 1 saturated carbocycles.